The van der Waals surface area contributed by atoms with Gasteiger partial charge < -0.3 is 10.6 Å². The molecule has 0 atom stereocenters. The molecule has 1 aromatic carbocycles. The largest absolute Gasteiger partial charge is 0.369 e. The average molecular weight is 420 g/mol. The van der Waals surface area contributed by atoms with Gasteiger partial charge >= 0.3 is 0 Å². The maximum absolute atomic E-state index is 13.7. The second kappa shape index (κ2) is 8.88. The molecule has 0 bridgehead atoms. The molecule has 0 spiro atoms. The van der Waals surface area contributed by atoms with Gasteiger partial charge in [-0.3, -0.25) is 0 Å². The molecule has 3 rings (SSSR count). The Morgan fingerprint density at radius 3 is 2.52 bits per heavy atom. The lowest BCUT2D eigenvalue weighted by Crippen LogP contribution is -2.29. The summed E-state index contributed by atoms with van der Waals surface area (Å²) >= 11 is 0. The summed E-state index contributed by atoms with van der Waals surface area (Å²) in [7, 11) is -4.18. The van der Waals surface area contributed by atoms with Gasteiger partial charge in [0.05, 0.1) is 0 Å². The lowest BCUT2D eigenvalue weighted by atomic mass is 10.3. The monoisotopic (exact) mass is 420 g/mol. The van der Waals surface area contributed by atoms with E-state index in [2.05, 4.69) is 30.3 Å². The molecule has 11 heteroatoms. The van der Waals surface area contributed by atoms with Crippen molar-refractivity contribution in [2.75, 3.05) is 23.7 Å². The number of anilines is 3. The van der Waals surface area contributed by atoms with E-state index in [0.717, 1.165) is 12.1 Å². The van der Waals surface area contributed by atoms with E-state index >= 15 is 0 Å². The van der Waals surface area contributed by atoms with Crippen LogP contribution in [0.4, 0.5) is 26.2 Å². The zero-order chi connectivity index (χ0) is 20.9. The van der Waals surface area contributed by atoms with E-state index in [0.29, 0.717) is 29.3 Å². The van der Waals surface area contributed by atoms with E-state index in [4.69, 9.17) is 0 Å². The molecule has 0 saturated carbocycles. The fraction of sp³-hybridized carbons (Fsp3) is 0.167. The van der Waals surface area contributed by atoms with Crippen LogP contribution in [0.25, 0.3) is 0 Å². The first-order chi connectivity index (χ1) is 13.8. The molecule has 0 aliphatic rings. The van der Waals surface area contributed by atoms with Gasteiger partial charge in [0.15, 0.2) is 0 Å². The van der Waals surface area contributed by atoms with Crippen molar-refractivity contribution in [2.24, 2.45) is 0 Å². The summed E-state index contributed by atoms with van der Waals surface area (Å²) in [5, 5.41) is 6.00. The molecule has 0 amide bonds. The predicted molar refractivity (Wildman–Crippen MR) is 104 cm³/mol. The number of nitrogens with zero attached hydrogens (tertiary/aromatic N) is 3. The van der Waals surface area contributed by atoms with Crippen molar-refractivity contribution >= 4 is 27.5 Å². The van der Waals surface area contributed by atoms with Gasteiger partial charge in [0.1, 0.15) is 39.8 Å². The third kappa shape index (κ3) is 5.65. The molecule has 8 nitrogen and oxygen atoms in total. The molecule has 29 heavy (non-hydrogen) atoms. The fourth-order valence-electron chi connectivity index (χ4n) is 2.43. The van der Waals surface area contributed by atoms with E-state index in [1.165, 1.54) is 0 Å². The van der Waals surface area contributed by atoms with Crippen LogP contribution in [-0.4, -0.2) is 36.5 Å². The molecule has 3 N–H and O–H groups in total. The molecule has 0 aliphatic carbocycles. The Balaban J connectivity index is 1.60. The van der Waals surface area contributed by atoms with Crippen LogP contribution in [0.1, 0.15) is 5.82 Å². The lowest BCUT2D eigenvalue weighted by molar-refractivity contribution is 0.546. The maximum Gasteiger partial charge on any atom is 0.243 e. The minimum Gasteiger partial charge on any atom is -0.369 e. The van der Waals surface area contributed by atoms with Crippen LogP contribution >= 0.6 is 0 Å². The van der Waals surface area contributed by atoms with Gasteiger partial charge in [-0.15, -0.1) is 0 Å². The summed E-state index contributed by atoms with van der Waals surface area (Å²) < 4.78 is 53.4. The number of hydrogen-bond acceptors (Lipinski definition) is 7. The van der Waals surface area contributed by atoms with E-state index < -0.39 is 26.6 Å². The van der Waals surface area contributed by atoms with E-state index in [9.17, 15) is 17.2 Å². The number of nitrogens with one attached hydrogen (secondary N) is 3. The van der Waals surface area contributed by atoms with E-state index in [-0.39, 0.29) is 13.1 Å². The Morgan fingerprint density at radius 1 is 0.966 bits per heavy atom. The number of pyridine rings is 1. The maximum atomic E-state index is 13.7. The van der Waals surface area contributed by atoms with Gasteiger partial charge in [-0.05, 0) is 37.3 Å². The van der Waals surface area contributed by atoms with Crippen LogP contribution in [0.5, 0.6) is 0 Å². The Hall–Kier alpha value is -3.18. The van der Waals surface area contributed by atoms with Gasteiger partial charge in [-0.25, -0.2) is 36.9 Å². The van der Waals surface area contributed by atoms with E-state index in [1.54, 1.807) is 31.3 Å². The van der Waals surface area contributed by atoms with Gasteiger partial charge in [0.25, 0.3) is 0 Å². The SMILES string of the molecule is Cc1nc(NCCNS(=O)(=O)c2cc(F)ccc2F)cc(Nc2ccccn2)n1. The molecule has 0 radical (unpaired) electrons. The summed E-state index contributed by atoms with van der Waals surface area (Å²) in [5.41, 5.74) is 0. The number of aryl methyl sites for hydroxylation is 1. The second-order valence-electron chi connectivity index (χ2n) is 5.92. The predicted octanol–water partition coefficient (Wildman–Crippen LogP) is 2.59. The number of halogens is 2. The highest BCUT2D eigenvalue weighted by molar-refractivity contribution is 7.89. The molecule has 2 heterocycles. The third-order valence-corrected chi connectivity index (χ3v) is 5.14. The van der Waals surface area contributed by atoms with Gasteiger partial charge in [0, 0.05) is 25.4 Å². The Bertz CT molecular complexity index is 1100. The Labute approximate surface area is 166 Å². The first-order valence-electron chi connectivity index (χ1n) is 8.56. The highest BCUT2D eigenvalue weighted by Crippen LogP contribution is 2.16. The summed E-state index contributed by atoms with van der Waals surface area (Å²) in [6.07, 6.45) is 1.64. The van der Waals surface area contributed by atoms with Gasteiger partial charge in [-0.2, -0.15) is 0 Å². The number of benzene rings is 1. The van der Waals surface area contributed by atoms with Crippen LogP contribution in [0.2, 0.25) is 0 Å². The minimum absolute atomic E-state index is 0.0651. The Morgan fingerprint density at radius 2 is 1.76 bits per heavy atom. The van der Waals surface area contributed by atoms with Crippen LogP contribution in [0.15, 0.2) is 53.6 Å². The minimum atomic E-state index is -4.18. The highest BCUT2D eigenvalue weighted by atomic mass is 32.2. The first kappa shape index (κ1) is 20.6. The van der Waals surface area contributed by atoms with Crippen molar-refractivity contribution in [3.8, 4) is 0 Å². The zero-order valence-electron chi connectivity index (χ0n) is 15.4. The first-order valence-corrected chi connectivity index (χ1v) is 10.0. The normalized spacial score (nSPS) is 11.3. The molecule has 2 aromatic heterocycles. The molecular formula is C18H18F2N6O2S. The molecule has 3 aromatic rings. The third-order valence-electron chi connectivity index (χ3n) is 3.66. The summed E-state index contributed by atoms with van der Waals surface area (Å²) in [4.78, 5) is 11.9. The molecule has 0 unspecified atom stereocenters. The summed E-state index contributed by atoms with van der Waals surface area (Å²) in [6.45, 7) is 1.81. The molecular weight excluding hydrogens is 402 g/mol. The van der Waals surface area contributed by atoms with E-state index in [1.807, 2.05) is 6.07 Å². The zero-order valence-corrected chi connectivity index (χ0v) is 16.2. The van der Waals surface area contributed by atoms with Crippen LogP contribution in [0.3, 0.4) is 0 Å². The van der Waals surface area contributed by atoms with Crippen molar-refractivity contribution in [3.63, 3.8) is 0 Å². The van der Waals surface area contributed by atoms with Crippen LogP contribution in [-0.2, 0) is 10.0 Å². The summed E-state index contributed by atoms with van der Waals surface area (Å²) in [6, 6.07) is 9.30. The van der Waals surface area contributed by atoms with Crippen molar-refractivity contribution in [1.82, 2.24) is 19.7 Å². The Kier molecular flexibility index (Phi) is 6.29. The highest BCUT2D eigenvalue weighted by Gasteiger charge is 2.19. The number of rotatable bonds is 8. The quantitative estimate of drug-likeness (QED) is 0.481. The van der Waals surface area contributed by atoms with Crippen LogP contribution < -0.4 is 15.4 Å². The topological polar surface area (TPSA) is 109 Å². The fourth-order valence-corrected chi connectivity index (χ4v) is 3.55. The summed E-state index contributed by atoms with van der Waals surface area (Å²) in [5.74, 6) is 0.225. The standard InChI is InChI=1S/C18H18F2N6O2S/c1-12-24-17(11-18(25-12)26-16-4-2-3-7-21-16)22-8-9-23-29(27,28)15-10-13(19)5-6-14(15)20/h2-7,10-11,23H,8-9H2,1H3,(H2,21,22,24,25,26). The number of aromatic nitrogens is 3. The molecule has 0 saturated heterocycles. The van der Waals surface area contributed by atoms with Gasteiger partial charge in [0.2, 0.25) is 10.0 Å². The smallest absolute Gasteiger partial charge is 0.243 e. The van der Waals surface area contributed by atoms with Crippen molar-refractivity contribution in [2.45, 2.75) is 11.8 Å². The number of sulfonamides is 1. The number of hydrogen-bond donors (Lipinski definition) is 3. The average Bonchev–Trinajstić information content (AvgIpc) is 2.67. The van der Waals surface area contributed by atoms with Gasteiger partial charge in [-0.1, -0.05) is 6.07 Å². The molecule has 152 valence electrons. The van der Waals surface area contributed by atoms with Crippen molar-refractivity contribution < 1.29 is 17.2 Å². The van der Waals surface area contributed by atoms with Crippen molar-refractivity contribution in [3.05, 3.63) is 66.1 Å². The molecule has 0 aliphatic heterocycles. The van der Waals surface area contributed by atoms with Crippen LogP contribution in [0, 0.1) is 18.6 Å². The second-order valence-corrected chi connectivity index (χ2v) is 7.66. The van der Waals surface area contributed by atoms with Crippen molar-refractivity contribution in [1.29, 1.82) is 0 Å². The lowest BCUT2D eigenvalue weighted by Gasteiger charge is -2.11. The molecule has 0 fully saturated rings.